The number of pyridine rings is 1. The van der Waals surface area contributed by atoms with E-state index in [-0.39, 0.29) is 25.7 Å². The summed E-state index contributed by atoms with van der Waals surface area (Å²) in [6, 6.07) is 10.9. The first-order valence-corrected chi connectivity index (χ1v) is 9.90. The van der Waals surface area contributed by atoms with E-state index in [1.807, 2.05) is 30.3 Å². The van der Waals surface area contributed by atoms with Gasteiger partial charge in [-0.25, -0.2) is 4.79 Å². The summed E-state index contributed by atoms with van der Waals surface area (Å²) >= 11 is 3.32. The van der Waals surface area contributed by atoms with Crippen LogP contribution in [0.15, 0.2) is 53.3 Å². The number of halogens is 1. The average Bonchev–Trinajstić information content (AvgIpc) is 2.71. The molecule has 0 bridgehead atoms. The van der Waals surface area contributed by atoms with Crippen LogP contribution < -0.4 is 10.2 Å². The van der Waals surface area contributed by atoms with Crippen LogP contribution in [0.4, 0.5) is 10.5 Å². The van der Waals surface area contributed by atoms with E-state index in [0.717, 1.165) is 19.3 Å². The molecule has 1 aromatic carbocycles. The first kappa shape index (κ1) is 21.8. The van der Waals surface area contributed by atoms with Crippen molar-refractivity contribution in [1.29, 1.82) is 0 Å². The molecular formula is C20H24BrN3O4. The number of para-hydroxylation sites is 1. The smallest absolute Gasteiger partial charge is 0.407 e. The molecule has 0 saturated carbocycles. The van der Waals surface area contributed by atoms with Gasteiger partial charge in [0.15, 0.2) is 0 Å². The molecule has 0 spiro atoms. The van der Waals surface area contributed by atoms with Crippen LogP contribution in [-0.2, 0) is 4.74 Å². The molecule has 28 heavy (non-hydrogen) atoms. The normalized spacial score (nSPS) is 10.4. The lowest BCUT2D eigenvalue weighted by Gasteiger charge is -2.23. The van der Waals surface area contributed by atoms with Crippen molar-refractivity contribution in [3.8, 4) is 0 Å². The largest absolute Gasteiger partial charge is 0.448 e. The summed E-state index contributed by atoms with van der Waals surface area (Å²) in [7, 11) is 0. The van der Waals surface area contributed by atoms with E-state index in [0.29, 0.717) is 22.3 Å². The molecule has 8 heteroatoms. The summed E-state index contributed by atoms with van der Waals surface area (Å²) in [5, 5.41) is 11.4. The predicted molar refractivity (Wildman–Crippen MR) is 110 cm³/mol. The minimum absolute atomic E-state index is 0.0601. The Morgan fingerprint density at radius 3 is 2.64 bits per heavy atom. The van der Waals surface area contributed by atoms with Crippen molar-refractivity contribution in [1.82, 2.24) is 10.3 Å². The first-order chi connectivity index (χ1) is 13.6. The summed E-state index contributed by atoms with van der Waals surface area (Å²) in [5.41, 5.74) is 1.15. The minimum Gasteiger partial charge on any atom is -0.448 e. The van der Waals surface area contributed by atoms with Crippen LogP contribution >= 0.6 is 15.9 Å². The van der Waals surface area contributed by atoms with Crippen LogP contribution in [0.5, 0.6) is 0 Å². The van der Waals surface area contributed by atoms with Gasteiger partial charge in [0.2, 0.25) is 0 Å². The summed E-state index contributed by atoms with van der Waals surface area (Å²) in [5.74, 6) is -0.229. The second-order valence-electron chi connectivity index (χ2n) is 6.03. The van der Waals surface area contributed by atoms with Crippen molar-refractivity contribution in [2.75, 3.05) is 31.2 Å². The second-order valence-corrected chi connectivity index (χ2v) is 6.95. The third kappa shape index (κ3) is 7.28. The maximum absolute atomic E-state index is 12.9. The van der Waals surface area contributed by atoms with E-state index >= 15 is 0 Å². The van der Waals surface area contributed by atoms with E-state index in [1.54, 1.807) is 17.2 Å². The molecule has 0 atom stereocenters. The molecule has 1 heterocycles. The molecule has 2 N–H and O–H groups in total. The number of anilines is 1. The molecular weight excluding hydrogens is 426 g/mol. The van der Waals surface area contributed by atoms with E-state index in [4.69, 9.17) is 9.84 Å². The highest BCUT2D eigenvalue weighted by molar-refractivity contribution is 9.10. The van der Waals surface area contributed by atoms with Crippen molar-refractivity contribution in [3.05, 3.63) is 58.8 Å². The second kappa shape index (κ2) is 12.1. The predicted octanol–water partition coefficient (Wildman–Crippen LogP) is 3.38. The summed E-state index contributed by atoms with van der Waals surface area (Å²) in [4.78, 5) is 30.3. The third-order valence-electron chi connectivity index (χ3n) is 3.92. The summed E-state index contributed by atoms with van der Waals surface area (Å²) < 4.78 is 5.90. The number of amides is 2. The Labute approximate surface area is 172 Å². The molecule has 150 valence electrons. The fourth-order valence-corrected chi connectivity index (χ4v) is 2.89. The standard InChI is InChI=1S/C20H24BrN3O4/c21-17-13-16(14-22-15-17)19(26)24(18-7-3-1-4-8-18)10-12-28-20(27)23-9-5-2-6-11-25/h1,3-4,7-8,13-15,25H,2,5-6,9-12H2,(H,23,27). The van der Waals surface area contributed by atoms with Gasteiger partial charge in [-0.2, -0.15) is 0 Å². The number of alkyl carbamates (subject to hydrolysis) is 1. The number of rotatable bonds is 10. The Kier molecular flexibility index (Phi) is 9.44. The number of nitrogens with zero attached hydrogens (tertiary/aromatic N) is 2. The van der Waals surface area contributed by atoms with Crippen LogP contribution in [0, 0.1) is 0 Å². The van der Waals surface area contributed by atoms with Crippen LogP contribution in [0.1, 0.15) is 29.6 Å². The van der Waals surface area contributed by atoms with E-state index in [1.165, 1.54) is 6.20 Å². The lowest BCUT2D eigenvalue weighted by molar-refractivity contribution is 0.0972. The number of ether oxygens (including phenoxy) is 1. The van der Waals surface area contributed by atoms with Gasteiger partial charge in [-0.1, -0.05) is 18.2 Å². The van der Waals surface area contributed by atoms with Gasteiger partial charge >= 0.3 is 6.09 Å². The summed E-state index contributed by atoms with van der Waals surface area (Å²) in [6.45, 7) is 0.920. The van der Waals surface area contributed by atoms with Gasteiger partial charge in [0.1, 0.15) is 6.61 Å². The number of carbonyl (C=O) groups excluding carboxylic acids is 2. The van der Waals surface area contributed by atoms with Gasteiger partial charge in [-0.05, 0) is 53.4 Å². The van der Waals surface area contributed by atoms with Crippen LogP contribution in [0.2, 0.25) is 0 Å². The Morgan fingerprint density at radius 1 is 1.14 bits per heavy atom. The van der Waals surface area contributed by atoms with E-state index in [2.05, 4.69) is 26.2 Å². The number of unbranched alkanes of at least 4 members (excludes halogenated alkanes) is 2. The minimum atomic E-state index is -0.520. The number of aliphatic hydroxyl groups excluding tert-OH is 1. The number of nitrogens with one attached hydrogen (secondary N) is 1. The maximum Gasteiger partial charge on any atom is 0.407 e. The Morgan fingerprint density at radius 2 is 1.93 bits per heavy atom. The Balaban J connectivity index is 1.92. The maximum atomic E-state index is 12.9. The number of hydrogen-bond acceptors (Lipinski definition) is 5. The van der Waals surface area contributed by atoms with Gasteiger partial charge < -0.3 is 20.1 Å². The summed E-state index contributed by atoms with van der Waals surface area (Å²) in [6.07, 6.45) is 4.93. The van der Waals surface area contributed by atoms with E-state index < -0.39 is 6.09 Å². The van der Waals surface area contributed by atoms with Crippen molar-refractivity contribution in [3.63, 3.8) is 0 Å². The Bertz CT molecular complexity index is 758. The molecule has 0 radical (unpaired) electrons. The van der Waals surface area contributed by atoms with Crippen molar-refractivity contribution >= 4 is 33.6 Å². The number of aliphatic hydroxyl groups is 1. The van der Waals surface area contributed by atoms with Gasteiger partial charge in [-0.15, -0.1) is 0 Å². The first-order valence-electron chi connectivity index (χ1n) is 9.11. The van der Waals surface area contributed by atoms with Gasteiger partial charge in [-0.3, -0.25) is 9.78 Å². The zero-order valence-corrected chi connectivity index (χ0v) is 17.1. The van der Waals surface area contributed by atoms with Gasteiger partial charge in [0.05, 0.1) is 12.1 Å². The third-order valence-corrected chi connectivity index (χ3v) is 4.35. The van der Waals surface area contributed by atoms with E-state index in [9.17, 15) is 9.59 Å². The van der Waals surface area contributed by atoms with Crippen LogP contribution in [0.25, 0.3) is 0 Å². The number of hydrogen-bond donors (Lipinski definition) is 2. The lowest BCUT2D eigenvalue weighted by atomic mass is 10.2. The quantitative estimate of drug-likeness (QED) is 0.542. The molecule has 0 aliphatic carbocycles. The average molecular weight is 450 g/mol. The SMILES string of the molecule is O=C(NCCCCCO)OCCN(C(=O)c1cncc(Br)c1)c1ccccc1. The molecule has 2 aromatic rings. The molecule has 0 unspecified atom stereocenters. The van der Waals surface area contributed by atoms with Crippen molar-refractivity contribution in [2.24, 2.45) is 0 Å². The van der Waals surface area contributed by atoms with Crippen molar-refractivity contribution < 1.29 is 19.4 Å². The van der Waals surface area contributed by atoms with Gasteiger partial charge in [0, 0.05) is 35.7 Å². The highest BCUT2D eigenvalue weighted by Crippen LogP contribution is 2.18. The highest BCUT2D eigenvalue weighted by atomic mass is 79.9. The molecule has 0 aliphatic heterocycles. The highest BCUT2D eigenvalue weighted by Gasteiger charge is 2.18. The fourth-order valence-electron chi connectivity index (χ4n) is 2.53. The van der Waals surface area contributed by atoms with Crippen LogP contribution in [0.3, 0.4) is 0 Å². The van der Waals surface area contributed by atoms with Gasteiger partial charge in [0.25, 0.3) is 5.91 Å². The van der Waals surface area contributed by atoms with Crippen LogP contribution in [-0.4, -0.2) is 48.4 Å². The number of benzene rings is 1. The topological polar surface area (TPSA) is 91.8 Å². The molecule has 1 aromatic heterocycles. The molecule has 2 amide bonds. The zero-order chi connectivity index (χ0) is 20.2. The number of carbonyl (C=O) groups is 2. The molecule has 0 fully saturated rings. The number of aromatic nitrogens is 1. The lowest BCUT2D eigenvalue weighted by Crippen LogP contribution is -2.36. The fraction of sp³-hybridized carbons (Fsp3) is 0.350. The molecule has 7 nitrogen and oxygen atoms in total. The molecule has 2 rings (SSSR count). The monoisotopic (exact) mass is 449 g/mol. The molecule has 0 saturated heterocycles. The molecule has 0 aliphatic rings. The zero-order valence-electron chi connectivity index (χ0n) is 15.5. The van der Waals surface area contributed by atoms with Crippen molar-refractivity contribution in [2.45, 2.75) is 19.3 Å². The Hall–Kier alpha value is -2.45.